The van der Waals surface area contributed by atoms with E-state index in [1.807, 2.05) is 0 Å². The highest BCUT2D eigenvalue weighted by molar-refractivity contribution is 5.71. The lowest BCUT2D eigenvalue weighted by Crippen LogP contribution is -2.30. The predicted molar refractivity (Wildman–Crippen MR) is 274 cm³/mol. The molecule has 0 rings (SSSR count). The average molecular weight is 889 g/mol. The van der Waals surface area contributed by atoms with Crippen LogP contribution in [0.25, 0.3) is 0 Å². The SMILES string of the molecule is CC/C=C\C/C=C\C/C=C\CCCCCCCC(=O)OC(COC(=O)CCCCC/C=C\C/C=C\C/C=C\CC)COC(=O)CCCCCCCCC/C=C\C/C=C\CCCCCC. The highest BCUT2D eigenvalue weighted by Crippen LogP contribution is 2.13. The molecule has 0 aromatic carbocycles. The van der Waals surface area contributed by atoms with Gasteiger partial charge < -0.3 is 14.2 Å². The molecule has 0 saturated heterocycles. The summed E-state index contributed by atoms with van der Waals surface area (Å²) in [5.74, 6) is -0.957. The molecule has 0 amide bonds. The first-order valence-electron chi connectivity index (χ1n) is 26.2. The van der Waals surface area contributed by atoms with Crippen LogP contribution < -0.4 is 0 Å². The molecule has 1 unspecified atom stereocenters. The van der Waals surface area contributed by atoms with Crippen molar-refractivity contribution in [1.29, 1.82) is 0 Å². The second-order valence-electron chi connectivity index (χ2n) is 17.0. The summed E-state index contributed by atoms with van der Waals surface area (Å²) in [4.78, 5) is 38.0. The third-order valence-corrected chi connectivity index (χ3v) is 10.8. The monoisotopic (exact) mass is 889 g/mol. The Morgan fingerprint density at radius 1 is 0.328 bits per heavy atom. The molecule has 6 nitrogen and oxygen atoms in total. The van der Waals surface area contributed by atoms with Crippen LogP contribution in [0.5, 0.6) is 0 Å². The average Bonchev–Trinajstić information content (AvgIpc) is 3.29. The molecule has 364 valence electrons. The summed E-state index contributed by atoms with van der Waals surface area (Å²) in [6.45, 7) is 6.34. The van der Waals surface area contributed by atoms with E-state index in [-0.39, 0.29) is 31.1 Å². The van der Waals surface area contributed by atoms with Gasteiger partial charge in [-0.2, -0.15) is 0 Å². The molecule has 0 fully saturated rings. The van der Waals surface area contributed by atoms with Gasteiger partial charge in [0.15, 0.2) is 6.10 Å². The molecule has 64 heavy (non-hydrogen) atoms. The minimum Gasteiger partial charge on any atom is -0.462 e. The van der Waals surface area contributed by atoms with Gasteiger partial charge in [-0.15, -0.1) is 0 Å². The Morgan fingerprint density at radius 2 is 0.609 bits per heavy atom. The number of carbonyl (C=O) groups excluding carboxylic acids is 3. The molecule has 0 radical (unpaired) electrons. The van der Waals surface area contributed by atoms with Crippen molar-refractivity contribution in [3.63, 3.8) is 0 Å². The van der Waals surface area contributed by atoms with Crippen molar-refractivity contribution in [2.24, 2.45) is 0 Å². The van der Waals surface area contributed by atoms with Crippen molar-refractivity contribution in [2.45, 2.75) is 239 Å². The third-order valence-electron chi connectivity index (χ3n) is 10.8. The van der Waals surface area contributed by atoms with Crippen molar-refractivity contribution < 1.29 is 28.6 Å². The van der Waals surface area contributed by atoms with Gasteiger partial charge in [0, 0.05) is 19.3 Å². The maximum atomic E-state index is 12.8. The zero-order chi connectivity index (χ0) is 46.5. The Balaban J connectivity index is 4.46. The molecule has 0 aliphatic carbocycles. The van der Waals surface area contributed by atoms with Gasteiger partial charge in [-0.05, 0) is 116 Å². The van der Waals surface area contributed by atoms with E-state index in [2.05, 4.69) is 118 Å². The molecule has 0 aliphatic heterocycles. The lowest BCUT2D eigenvalue weighted by atomic mass is 10.1. The highest BCUT2D eigenvalue weighted by atomic mass is 16.6. The number of allylic oxidation sites excluding steroid dienone is 16. The second kappa shape index (κ2) is 52.0. The molecule has 0 spiro atoms. The Kier molecular flexibility index (Phi) is 49.0. The number of ether oxygens (including phenoxy) is 3. The van der Waals surface area contributed by atoms with Crippen molar-refractivity contribution in [3.8, 4) is 0 Å². The van der Waals surface area contributed by atoms with Crippen LogP contribution in [0.1, 0.15) is 233 Å². The zero-order valence-corrected chi connectivity index (χ0v) is 41.5. The maximum Gasteiger partial charge on any atom is 0.306 e. The van der Waals surface area contributed by atoms with E-state index < -0.39 is 6.10 Å². The molecular formula is C58H96O6. The zero-order valence-electron chi connectivity index (χ0n) is 41.5. The van der Waals surface area contributed by atoms with Gasteiger partial charge in [-0.1, -0.05) is 195 Å². The van der Waals surface area contributed by atoms with E-state index in [9.17, 15) is 14.4 Å². The van der Waals surface area contributed by atoms with Gasteiger partial charge >= 0.3 is 17.9 Å². The van der Waals surface area contributed by atoms with E-state index in [1.54, 1.807) is 0 Å². The largest absolute Gasteiger partial charge is 0.462 e. The lowest BCUT2D eigenvalue weighted by molar-refractivity contribution is -0.167. The molecule has 0 N–H and O–H groups in total. The molecule has 0 aromatic heterocycles. The number of carbonyl (C=O) groups is 3. The predicted octanol–water partition coefficient (Wildman–Crippen LogP) is 17.4. The Morgan fingerprint density at radius 3 is 0.969 bits per heavy atom. The van der Waals surface area contributed by atoms with Crippen LogP contribution in [0.2, 0.25) is 0 Å². The molecular weight excluding hydrogens is 793 g/mol. The Hall–Kier alpha value is -3.67. The van der Waals surface area contributed by atoms with Crippen molar-refractivity contribution in [3.05, 3.63) is 97.2 Å². The molecule has 1 atom stereocenters. The lowest BCUT2D eigenvalue weighted by Gasteiger charge is -2.18. The smallest absolute Gasteiger partial charge is 0.306 e. The van der Waals surface area contributed by atoms with E-state index in [0.717, 1.165) is 135 Å². The first-order valence-corrected chi connectivity index (χ1v) is 26.2. The van der Waals surface area contributed by atoms with Crippen molar-refractivity contribution in [1.82, 2.24) is 0 Å². The molecule has 0 bridgehead atoms. The van der Waals surface area contributed by atoms with Crippen LogP contribution in [-0.4, -0.2) is 37.2 Å². The minimum absolute atomic E-state index is 0.0994. The van der Waals surface area contributed by atoms with Gasteiger partial charge in [0.05, 0.1) is 0 Å². The number of hydrogen-bond donors (Lipinski definition) is 0. The Labute approximate surface area is 394 Å². The summed E-state index contributed by atoms with van der Waals surface area (Å²) in [5, 5.41) is 0. The third kappa shape index (κ3) is 49.3. The topological polar surface area (TPSA) is 78.9 Å². The van der Waals surface area contributed by atoms with Crippen LogP contribution >= 0.6 is 0 Å². The summed E-state index contributed by atoms with van der Waals surface area (Å²) in [5.41, 5.74) is 0. The highest BCUT2D eigenvalue weighted by Gasteiger charge is 2.19. The van der Waals surface area contributed by atoms with Crippen LogP contribution in [0.3, 0.4) is 0 Å². The summed E-state index contributed by atoms with van der Waals surface area (Å²) >= 11 is 0. The van der Waals surface area contributed by atoms with Gasteiger partial charge in [0.25, 0.3) is 0 Å². The van der Waals surface area contributed by atoms with Crippen LogP contribution in [0.4, 0.5) is 0 Å². The quantitative estimate of drug-likeness (QED) is 0.0262. The molecule has 0 aromatic rings. The standard InChI is InChI=1S/C58H96O6/c1-4-7-10-13-16-19-22-25-27-28-29-31-33-36-39-42-45-48-51-57(60)63-54-55(53-62-56(59)50-47-44-41-38-35-32-24-21-18-15-12-9-6-3)64-58(61)52-49-46-43-40-37-34-30-26-23-20-17-14-11-8-5-2/h8-9,11-12,17-22,26-28,30,32,35,55H,4-7,10,13-16,23-25,29,31,33-34,36-54H2,1-3H3/b11-8-,12-9-,20-17-,21-18-,22-19-,28-27-,30-26-,35-32-. The van der Waals surface area contributed by atoms with E-state index >= 15 is 0 Å². The number of unbranched alkanes of at least 4 members (excludes halogenated alkanes) is 19. The van der Waals surface area contributed by atoms with E-state index in [0.29, 0.717) is 19.3 Å². The van der Waals surface area contributed by atoms with E-state index in [1.165, 1.54) is 57.8 Å². The van der Waals surface area contributed by atoms with Crippen LogP contribution in [0.15, 0.2) is 97.2 Å². The first-order chi connectivity index (χ1) is 31.5. The summed E-state index contributed by atoms with van der Waals surface area (Å²) in [7, 11) is 0. The summed E-state index contributed by atoms with van der Waals surface area (Å²) < 4.78 is 16.8. The second-order valence-corrected chi connectivity index (χ2v) is 17.0. The summed E-state index contributed by atoms with van der Waals surface area (Å²) in [6.07, 6.45) is 68.2. The number of hydrogen-bond acceptors (Lipinski definition) is 6. The fraction of sp³-hybridized carbons (Fsp3) is 0.672. The van der Waals surface area contributed by atoms with Gasteiger partial charge in [0.1, 0.15) is 13.2 Å². The maximum absolute atomic E-state index is 12.8. The molecule has 0 saturated carbocycles. The van der Waals surface area contributed by atoms with Gasteiger partial charge in [-0.25, -0.2) is 0 Å². The van der Waals surface area contributed by atoms with Gasteiger partial charge in [0.2, 0.25) is 0 Å². The number of esters is 3. The van der Waals surface area contributed by atoms with Crippen LogP contribution in [-0.2, 0) is 28.6 Å². The molecule has 6 heteroatoms. The van der Waals surface area contributed by atoms with Gasteiger partial charge in [-0.3, -0.25) is 14.4 Å². The van der Waals surface area contributed by atoms with E-state index in [4.69, 9.17) is 14.2 Å². The molecule has 0 aliphatic rings. The first kappa shape index (κ1) is 60.3. The fourth-order valence-electron chi connectivity index (χ4n) is 6.91. The summed E-state index contributed by atoms with van der Waals surface area (Å²) in [6, 6.07) is 0. The Bertz CT molecular complexity index is 1300. The number of rotatable bonds is 46. The normalized spacial score (nSPS) is 12.9. The van der Waals surface area contributed by atoms with Crippen molar-refractivity contribution >= 4 is 17.9 Å². The van der Waals surface area contributed by atoms with Crippen molar-refractivity contribution in [2.75, 3.05) is 13.2 Å². The minimum atomic E-state index is -0.802. The fourth-order valence-corrected chi connectivity index (χ4v) is 6.91. The van der Waals surface area contributed by atoms with Crippen LogP contribution in [0, 0.1) is 0 Å². The molecule has 0 heterocycles.